The number of rotatable bonds is 35. The number of ketones is 1. The molecule has 0 aromatic heterocycles. The molecular formula is C46H69Cl2NO10. The highest BCUT2D eigenvalue weighted by Crippen LogP contribution is 2.25. The van der Waals surface area contributed by atoms with E-state index in [1.807, 2.05) is 0 Å². The summed E-state index contributed by atoms with van der Waals surface area (Å²) in [5, 5.41) is 2.85. The highest BCUT2D eigenvalue weighted by Gasteiger charge is 2.22. The van der Waals surface area contributed by atoms with Gasteiger partial charge in [-0.05, 0) is 62.6 Å². The molecule has 0 saturated carbocycles. The third-order valence-electron chi connectivity index (χ3n) is 9.70. The SMILES string of the molecule is CCCCCCCCCCCCOOC(C)OOCc1ccc(Cl)c(C(=O)CC(=O)Nc2cc(C(=O)OC(C)C(=O)OCCCCCCCCCCCC)ccc2Cl)c1. The van der Waals surface area contributed by atoms with Gasteiger partial charge in [0, 0.05) is 5.56 Å². The molecule has 0 fully saturated rings. The van der Waals surface area contributed by atoms with Crippen LogP contribution in [0.1, 0.15) is 189 Å². The number of halogens is 2. The Morgan fingerprint density at radius 2 is 1.15 bits per heavy atom. The van der Waals surface area contributed by atoms with Crippen LogP contribution in [-0.2, 0) is 45.2 Å². The number of esters is 2. The van der Waals surface area contributed by atoms with E-state index in [0.717, 1.165) is 32.1 Å². The van der Waals surface area contributed by atoms with Gasteiger partial charge in [0.1, 0.15) is 6.61 Å². The highest BCUT2D eigenvalue weighted by atomic mass is 35.5. The van der Waals surface area contributed by atoms with Crippen LogP contribution in [-0.4, -0.2) is 49.2 Å². The number of anilines is 1. The Labute approximate surface area is 362 Å². The molecule has 0 bridgehead atoms. The molecule has 13 heteroatoms. The summed E-state index contributed by atoms with van der Waals surface area (Å²) in [5.41, 5.74) is 0.820. The lowest BCUT2D eigenvalue weighted by atomic mass is 10.0. The fraction of sp³-hybridized carbons (Fsp3) is 0.652. The van der Waals surface area contributed by atoms with Gasteiger partial charge in [0.15, 0.2) is 11.9 Å². The highest BCUT2D eigenvalue weighted by molar-refractivity contribution is 6.35. The Morgan fingerprint density at radius 1 is 0.627 bits per heavy atom. The van der Waals surface area contributed by atoms with Crippen LogP contribution in [0.4, 0.5) is 5.69 Å². The molecule has 2 unspecified atom stereocenters. The van der Waals surface area contributed by atoms with Crippen LogP contribution >= 0.6 is 23.2 Å². The van der Waals surface area contributed by atoms with E-state index in [1.165, 1.54) is 134 Å². The lowest BCUT2D eigenvalue weighted by molar-refractivity contribution is -0.461. The number of carbonyl (C=O) groups excluding carboxylic acids is 4. The summed E-state index contributed by atoms with van der Waals surface area (Å²) in [6.45, 7) is 8.22. The van der Waals surface area contributed by atoms with Crippen molar-refractivity contribution in [3.63, 3.8) is 0 Å². The molecule has 2 rings (SSSR count). The number of hydrogen-bond donors (Lipinski definition) is 1. The zero-order valence-electron chi connectivity index (χ0n) is 35.9. The average molecular weight is 867 g/mol. The summed E-state index contributed by atoms with van der Waals surface area (Å²) in [6, 6.07) is 8.84. The molecule has 0 spiro atoms. The van der Waals surface area contributed by atoms with Gasteiger partial charge in [-0.2, -0.15) is 0 Å². The number of hydrogen-bond acceptors (Lipinski definition) is 10. The molecule has 11 nitrogen and oxygen atoms in total. The number of amides is 1. The van der Waals surface area contributed by atoms with E-state index in [4.69, 9.17) is 52.2 Å². The number of unbranched alkanes of at least 4 members (excludes halogenated alkanes) is 18. The van der Waals surface area contributed by atoms with Crippen LogP contribution in [0.2, 0.25) is 10.0 Å². The topological polar surface area (TPSA) is 136 Å². The number of ether oxygens (including phenoxy) is 2. The quantitative estimate of drug-likeness (QED) is 0.0136. The first-order chi connectivity index (χ1) is 28.5. The lowest BCUT2D eigenvalue weighted by Crippen LogP contribution is -2.26. The molecule has 332 valence electrons. The fourth-order valence-corrected chi connectivity index (χ4v) is 6.61. The third-order valence-corrected chi connectivity index (χ3v) is 10.4. The van der Waals surface area contributed by atoms with Gasteiger partial charge < -0.3 is 14.8 Å². The minimum atomic E-state index is -1.13. The second kappa shape index (κ2) is 32.7. The van der Waals surface area contributed by atoms with E-state index in [0.29, 0.717) is 12.2 Å². The monoisotopic (exact) mass is 865 g/mol. The predicted octanol–water partition coefficient (Wildman–Crippen LogP) is 12.9. The van der Waals surface area contributed by atoms with Crippen molar-refractivity contribution in [3.8, 4) is 0 Å². The van der Waals surface area contributed by atoms with Crippen LogP contribution < -0.4 is 5.32 Å². The summed E-state index contributed by atoms with van der Waals surface area (Å²) in [4.78, 5) is 72.3. The smallest absolute Gasteiger partial charge is 0.347 e. The van der Waals surface area contributed by atoms with Gasteiger partial charge in [-0.15, -0.1) is 0 Å². The summed E-state index contributed by atoms with van der Waals surface area (Å²) >= 11 is 12.6. The van der Waals surface area contributed by atoms with E-state index < -0.39 is 42.4 Å². The molecule has 59 heavy (non-hydrogen) atoms. The minimum absolute atomic E-state index is 0.0238. The van der Waals surface area contributed by atoms with E-state index >= 15 is 0 Å². The molecule has 0 radical (unpaired) electrons. The summed E-state index contributed by atoms with van der Waals surface area (Å²) in [7, 11) is 0. The number of carbonyl (C=O) groups is 4. The zero-order valence-corrected chi connectivity index (χ0v) is 37.4. The molecule has 0 heterocycles. The number of Topliss-reactive ketones (excluding diaryl/α,β-unsaturated/α-hetero) is 1. The predicted molar refractivity (Wildman–Crippen MR) is 232 cm³/mol. The van der Waals surface area contributed by atoms with Gasteiger partial charge in [0.25, 0.3) is 0 Å². The average Bonchev–Trinajstić information content (AvgIpc) is 3.21. The van der Waals surface area contributed by atoms with E-state index in [1.54, 1.807) is 13.0 Å². The number of benzene rings is 2. The Kier molecular flexibility index (Phi) is 28.8. The Bertz CT molecular complexity index is 1510. The molecule has 1 N–H and O–H groups in total. The maximum atomic E-state index is 13.1. The molecule has 0 aliphatic rings. The van der Waals surface area contributed by atoms with Crippen molar-refractivity contribution in [1.82, 2.24) is 0 Å². The van der Waals surface area contributed by atoms with Crippen molar-refractivity contribution in [1.29, 1.82) is 0 Å². The van der Waals surface area contributed by atoms with E-state index in [2.05, 4.69) is 19.2 Å². The summed E-state index contributed by atoms with van der Waals surface area (Å²) < 4.78 is 10.6. The van der Waals surface area contributed by atoms with Gasteiger partial charge in [-0.3, -0.25) is 9.59 Å². The molecule has 0 saturated heterocycles. The second-order valence-corrected chi connectivity index (χ2v) is 15.9. The first kappa shape index (κ1) is 52.1. The molecule has 0 aliphatic carbocycles. The first-order valence-electron chi connectivity index (χ1n) is 21.9. The van der Waals surface area contributed by atoms with Crippen LogP contribution in [0.5, 0.6) is 0 Å². The number of nitrogens with one attached hydrogen (secondary N) is 1. The van der Waals surface area contributed by atoms with Crippen molar-refractivity contribution in [3.05, 3.63) is 63.1 Å². The molecular weight excluding hydrogens is 797 g/mol. The Morgan fingerprint density at radius 3 is 1.75 bits per heavy atom. The largest absolute Gasteiger partial charge is 0.463 e. The fourth-order valence-electron chi connectivity index (χ4n) is 6.22. The normalized spacial score (nSPS) is 12.2. The standard InChI is InChI=1S/C46H69Cl2NO10/c1-5-7-9-11-13-15-17-19-21-23-29-54-45(52)35(3)57-46(53)38-26-28-41(48)42(32-38)49-44(51)33-43(50)39-31-37(25-27-40(39)47)34-56-59-36(4)58-55-30-24-22-20-18-16-14-12-10-8-6-2/h25-28,31-32,35-36H,5-24,29-30,33-34H2,1-4H3,(H,49,51). The molecule has 2 aromatic carbocycles. The third kappa shape index (κ3) is 24.1. The van der Waals surface area contributed by atoms with Gasteiger partial charge in [0.05, 0.1) is 40.9 Å². The van der Waals surface area contributed by atoms with Gasteiger partial charge in [0.2, 0.25) is 12.2 Å². The molecule has 2 aromatic rings. The van der Waals surface area contributed by atoms with Gasteiger partial charge in [-0.1, -0.05) is 159 Å². The van der Waals surface area contributed by atoms with Crippen LogP contribution in [0, 0.1) is 0 Å². The maximum Gasteiger partial charge on any atom is 0.347 e. The van der Waals surface area contributed by atoms with Crippen LogP contribution in [0.25, 0.3) is 0 Å². The summed E-state index contributed by atoms with van der Waals surface area (Å²) in [5.74, 6) is -2.68. The first-order valence-corrected chi connectivity index (χ1v) is 22.7. The van der Waals surface area contributed by atoms with Crippen LogP contribution in [0.15, 0.2) is 36.4 Å². The molecule has 0 aliphatic heterocycles. The van der Waals surface area contributed by atoms with Crippen molar-refractivity contribution < 1.29 is 48.2 Å². The Hall–Kier alpha value is -3.06. The van der Waals surface area contributed by atoms with Crippen molar-refractivity contribution in [2.24, 2.45) is 0 Å². The summed E-state index contributed by atoms with van der Waals surface area (Å²) in [6.07, 6.45) is 21.4. The van der Waals surface area contributed by atoms with E-state index in [-0.39, 0.29) is 40.1 Å². The van der Waals surface area contributed by atoms with Crippen LogP contribution in [0.3, 0.4) is 0 Å². The second-order valence-electron chi connectivity index (χ2n) is 15.1. The molecule has 1 amide bonds. The van der Waals surface area contributed by atoms with Crippen molar-refractivity contribution in [2.75, 3.05) is 18.5 Å². The minimum Gasteiger partial charge on any atom is -0.463 e. The van der Waals surface area contributed by atoms with Gasteiger partial charge in [-0.25, -0.2) is 29.1 Å². The van der Waals surface area contributed by atoms with Gasteiger partial charge >= 0.3 is 11.9 Å². The maximum absolute atomic E-state index is 13.1. The zero-order chi connectivity index (χ0) is 43.1. The van der Waals surface area contributed by atoms with Crippen molar-refractivity contribution in [2.45, 2.75) is 182 Å². The molecule has 2 atom stereocenters. The van der Waals surface area contributed by atoms with E-state index in [9.17, 15) is 19.2 Å². The lowest BCUT2D eigenvalue weighted by Gasteiger charge is -2.14. The van der Waals surface area contributed by atoms with Crippen molar-refractivity contribution >= 4 is 52.5 Å². The Balaban J connectivity index is 1.71.